The van der Waals surface area contributed by atoms with Gasteiger partial charge in [0.2, 0.25) is 0 Å². The van der Waals surface area contributed by atoms with E-state index in [0.717, 1.165) is 70.5 Å². The van der Waals surface area contributed by atoms with Crippen molar-refractivity contribution in [3.8, 4) is 79.2 Å². The van der Waals surface area contributed by atoms with Crippen LogP contribution in [0.1, 0.15) is 0 Å². The van der Waals surface area contributed by atoms with Crippen LogP contribution in [-0.2, 0) is 0 Å². The molecule has 3 heterocycles. The molecule has 7 aromatic carbocycles. The number of hydrogen-bond acceptors (Lipinski definition) is 6. The van der Waals surface area contributed by atoms with E-state index in [1.54, 1.807) is 11.3 Å². The van der Waals surface area contributed by atoms with Crippen molar-refractivity contribution < 1.29 is 0 Å². The minimum atomic E-state index is 0.640. The zero-order chi connectivity index (χ0) is 36.6. The number of fused-ring (bicyclic) bond motifs is 3. The van der Waals surface area contributed by atoms with Gasteiger partial charge in [0, 0.05) is 53.6 Å². The standard InChI is InChI=1S/C49H31N5S/c1-5-15-32(16-6-1)33-27-29-34(30-28-33)41-31-42(51-46(50-41)35-17-7-2-8-18-35)38-23-14-26-43-44(38)39-24-13-25-40(45(39)55-43)49-53-47(36-19-9-3-10-20-36)52-48(54-49)37-21-11-4-12-22-37/h1-31H. The average molecular weight is 722 g/mol. The van der Waals surface area contributed by atoms with Crippen molar-refractivity contribution in [3.63, 3.8) is 0 Å². The van der Waals surface area contributed by atoms with Gasteiger partial charge in [-0.15, -0.1) is 11.3 Å². The SMILES string of the molecule is c1ccc(-c2ccc(-c3cc(-c4cccc5sc6c(-c7nc(-c8ccccc8)nc(-c8ccccc8)n7)cccc6c45)nc(-c4ccccc4)n3)cc2)cc1. The Labute approximate surface area is 322 Å². The highest BCUT2D eigenvalue weighted by Gasteiger charge is 2.20. The Bertz CT molecular complexity index is 2890. The number of nitrogens with zero attached hydrogens (tertiary/aromatic N) is 5. The normalized spacial score (nSPS) is 11.3. The van der Waals surface area contributed by atoms with Gasteiger partial charge in [-0.2, -0.15) is 0 Å². The molecule has 10 aromatic rings. The van der Waals surface area contributed by atoms with Crippen molar-refractivity contribution in [2.45, 2.75) is 0 Å². The molecule has 3 aromatic heterocycles. The molecule has 258 valence electrons. The summed E-state index contributed by atoms with van der Waals surface area (Å²) < 4.78 is 2.28. The molecule has 0 aliphatic carbocycles. The van der Waals surface area contributed by atoms with E-state index in [4.69, 9.17) is 24.9 Å². The molecule has 0 amide bonds. The smallest absolute Gasteiger partial charge is 0.165 e. The Morgan fingerprint density at radius 3 is 1.36 bits per heavy atom. The fourth-order valence-electron chi connectivity index (χ4n) is 7.08. The molecule has 0 atom stereocenters. The Balaban J connectivity index is 1.15. The Morgan fingerprint density at radius 1 is 0.309 bits per heavy atom. The molecule has 10 rings (SSSR count). The van der Waals surface area contributed by atoms with Gasteiger partial charge in [-0.3, -0.25) is 0 Å². The average Bonchev–Trinajstić information content (AvgIpc) is 3.67. The van der Waals surface area contributed by atoms with Crippen molar-refractivity contribution in [2.24, 2.45) is 0 Å². The number of rotatable bonds is 7. The van der Waals surface area contributed by atoms with Crippen LogP contribution in [0.25, 0.3) is 99.4 Å². The van der Waals surface area contributed by atoms with Crippen molar-refractivity contribution in [1.82, 2.24) is 24.9 Å². The zero-order valence-corrected chi connectivity index (χ0v) is 30.4. The first-order valence-electron chi connectivity index (χ1n) is 18.2. The van der Waals surface area contributed by atoms with Crippen molar-refractivity contribution >= 4 is 31.5 Å². The first-order chi connectivity index (χ1) is 27.2. The minimum Gasteiger partial charge on any atom is -0.228 e. The van der Waals surface area contributed by atoms with Crippen LogP contribution in [0, 0.1) is 0 Å². The third-order valence-electron chi connectivity index (χ3n) is 9.78. The second-order valence-corrected chi connectivity index (χ2v) is 14.3. The summed E-state index contributed by atoms with van der Waals surface area (Å²) in [7, 11) is 0. The monoisotopic (exact) mass is 721 g/mol. The third-order valence-corrected chi connectivity index (χ3v) is 11.0. The summed E-state index contributed by atoms with van der Waals surface area (Å²) in [6.07, 6.45) is 0. The van der Waals surface area contributed by atoms with Crippen molar-refractivity contribution in [3.05, 3.63) is 188 Å². The molecule has 0 radical (unpaired) electrons. The minimum absolute atomic E-state index is 0.640. The Kier molecular flexibility index (Phi) is 8.28. The fourth-order valence-corrected chi connectivity index (χ4v) is 8.32. The van der Waals surface area contributed by atoms with Crippen LogP contribution < -0.4 is 0 Å². The lowest BCUT2D eigenvalue weighted by atomic mass is 9.99. The lowest BCUT2D eigenvalue weighted by Gasteiger charge is -2.11. The molecule has 55 heavy (non-hydrogen) atoms. The van der Waals surface area contributed by atoms with Crippen LogP contribution in [0.2, 0.25) is 0 Å². The lowest BCUT2D eigenvalue weighted by Crippen LogP contribution is -2.00. The number of thiophene rings is 1. The zero-order valence-electron chi connectivity index (χ0n) is 29.5. The topological polar surface area (TPSA) is 64.5 Å². The lowest BCUT2D eigenvalue weighted by molar-refractivity contribution is 1.08. The fraction of sp³-hybridized carbons (Fsp3) is 0. The van der Waals surface area contributed by atoms with Gasteiger partial charge in [0.15, 0.2) is 23.3 Å². The van der Waals surface area contributed by atoms with Crippen LogP contribution in [0.4, 0.5) is 0 Å². The summed E-state index contributed by atoms with van der Waals surface area (Å²) >= 11 is 1.75. The summed E-state index contributed by atoms with van der Waals surface area (Å²) in [6, 6.07) is 64.5. The van der Waals surface area contributed by atoms with E-state index in [2.05, 4.69) is 103 Å². The molecule has 0 bridgehead atoms. The first-order valence-corrected chi connectivity index (χ1v) is 19.0. The van der Waals surface area contributed by atoms with E-state index in [1.807, 2.05) is 84.9 Å². The second-order valence-electron chi connectivity index (χ2n) is 13.3. The number of hydrogen-bond donors (Lipinski definition) is 0. The van der Waals surface area contributed by atoms with Gasteiger partial charge in [0.1, 0.15) is 0 Å². The van der Waals surface area contributed by atoms with E-state index >= 15 is 0 Å². The predicted molar refractivity (Wildman–Crippen MR) is 226 cm³/mol. The van der Waals surface area contributed by atoms with Crippen LogP contribution in [-0.4, -0.2) is 24.9 Å². The molecule has 0 aliphatic rings. The molecule has 6 heteroatoms. The summed E-state index contributed by atoms with van der Waals surface area (Å²) in [4.78, 5) is 25.4. The largest absolute Gasteiger partial charge is 0.228 e. The highest BCUT2D eigenvalue weighted by molar-refractivity contribution is 7.26. The quantitative estimate of drug-likeness (QED) is 0.164. The van der Waals surface area contributed by atoms with E-state index < -0.39 is 0 Å². The van der Waals surface area contributed by atoms with Gasteiger partial charge in [-0.25, -0.2) is 24.9 Å². The first kappa shape index (κ1) is 32.5. The molecule has 0 fully saturated rings. The van der Waals surface area contributed by atoms with Crippen molar-refractivity contribution in [1.29, 1.82) is 0 Å². The number of benzene rings is 7. The molecule has 0 spiro atoms. The molecular formula is C49H31N5S. The van der Waals surface area contributed by atoms with Gasteiger partial charge >= 0.3 is 0 Å². The van der Waals surface area contributed by atoms with E-state index in [9.17, 15) is 0 Å². The van der Waals surface area contributed by atoms with E-state index in [-0.39, 0.29) is 0 Å². The van der Waals surface area contributed by atoms with E-state index in [1.165, 1.54) is 5.56 Å². The van der Waals surface area contributed by atoms with Gasteiger partial charge in [-0.05, 0) is 29.3 Å². The maximum absolute atomic E-state index is 5.23. The Hall–Kier alpha value is -7.15. The molecule has 0 saturated heterocycles. The molecule has 5 nitrogen and oxygen atoms in total. The van der Waals surface area contributed by atoms with Crippen LogP contribution in [0.3, 0.4) is 0 Å². The summed E-state index contributed by atoms with van der Waals surface area (Å²) in [6.45, 7) is 0. The third kappa shape index (κ3) is 6.24. The molecule has 0 N–H and O–H groups in total. The highest BCUT2D eigenvalue weighted by atomic mass is 32.1. The number of aromatic nitrogens is 5. The molecule has 0 unspecified atom stereocenters. The molecular weight excluding hydrogens is 691 g/mol. The molecule has 0 aliphatic heterocycles. The summed E-state index contributed by atoms with van der Waals surface area (Å²) in [5.41, 5.74) is 9.98. The summed E-state index contributed by atoms with van der Waals surface area (Å²) in [5, 5.41) is 2.28. The van der Waals surface area contributed by atoms with Crippen LogP contribution >= 0.6 is 11.3 Å². The summed E-state index contributed by atoms with van der Waals surface area (Å²) in [5.74, 6) is 2.61. The Morgan fingerprint density at radius 2 is 0.764 bits per heavy atom. The van der Waals surface area contributed by atoms with Gasteiger partial charge < -0.3 is 0 Å². The van der Waals surface area contributed by atoms with Crippen LogP contribution in [0.15, 0.2) is 188 Å². The maximum Gasteiger partial charge on any atom is 0.165 e. The second kappa shape index (κ2) is 14.0. The van der Waals surface area contributed by atoms with Crippen molar-refractivity contribution in [2.75, 3.05) is 0 Å². The molecule has 0 saturated carbocycles. The predicted octanol–water partition coefficient (Wildman–Crippen LogP) is 12.7. The van der Waals surface area contributed by atoms with E-state index in [0.29, 0.717) is 23.3 Å². The van der Waals surface area contributed by atoms with Crippen LogP contribution in [0.5, 0.6) is 0 Å². The van der Waals surface area contributed by atoms with Gasteiger partial charge in [0.25, 0.3) is 0 Å². The maximum atomic E-state index is 5.23. The van der Waals surface area contributed by atoms with Gasteiger partial charge in [-0.1, -0.05) is 170 Å². The highest BCUT2D eigenvalue weighted by Crippen LogP contribution is 2.44. The van der Waals surface area contributed by atoms with Gasteiger partial charge in [0.05, 0.1) is 11.4 Å².